The summed E-state index contributed by atoms with van der Waals surface area (Å²) in [6, 6.07) is 0. The Balaban J connectivity index is 1.73. The zero-order valence-electron chi connectivity index (χ0n) is 9.00. The summed E-state index contributed by atoms with van der Waals surface area (Å²) in [5.74, 6) is 2.97. The van der Waals surface area contributed by atoms with Gasteiger partial charge in [-0.05, 0) is 37.0 Å². The molecule has 0 heterocycles. The van der Waals surface area contributed by atoms with Gasteiger partial charge in [-0.3, -0.25) is 4.79 Å². The van der Waals surface area contributed by atoms with Gasteiger partial charge >= 0.3 is 0 Å². The summed E-state index contributed by atoms with van der Waals surface area (Å²) in [6.45, 7) is 0.597. The number of carbonyl (C=O) groups is 1. The van der Waals surface area contributed by atoms with Crippen molar-refractivity contribution in [1.82, 2.24) is 0 Å². The van der Waals surface area contributed by atoms with Crippen LogP contribution in [-0.2, 0) is 9.53 Å². The van der Waals surface area contributed by atoms with Gasteiger partial charge in [0.1, 0.15) is 5.78 Å². The van der Waals surface area contributed by atoms with Gasteiger partial charge in [0.15, 0.2) is 0 Å². The van der Waals surface area contributed by atoms with Crippen LogP contribution in [0.4, 0.5) is 0 Å². The van der Waals surface area contributed by atoms with Gasteiger partial charge in [0, 0.05) is 20.0 Å². The Morgan fingerprint density at radius 3 is 2.79 bits per heavy atom. The minimum atomic E-state index is 0.407. The van der Waals surface area contributed by atoms with Gasteiger partial charge in [0.05, 0.1) is 6.61 Å². The summed E-state index contributed by atoms with van der Waals surface area (Å²) in [6.07, 6.45) is 6.97. The van der Waals surface area contributed by atoms with Crippen LogP contribution in [0, 0.1) is 17.8 Å². The first-order valence-electron chi connectivity index (χ1n) is 5.80. The zero-order valence-corrected chi connectivity index (χ0v) is 9.00. The Labute approximate surface area is 86.0 Å². The predicted molar refractivity (Wildman–Crippen MR) is 55.1 cm³/mol. The van der Waals surface area contributed by atoms with Crippen LogP contribution in [0.25, 0.3) is 0 Å². The number of methoxy groups -OCH3 is 1. The molecule has 0 N–H and O–H groups in total. The molecule has 2 saturated carbocycles. The smallest absolute Gasteiger partial charge is 0.135 e. The molecule has 14 heavy (non-hydrogen) atoms. The molecule has 3 unspecified atom stereocenters. The number of hydrogen-bond acceptors (Lipinski definition) is 2. The molecule has 0 aliphatic heterocycles. The number of carbonyl (C=O) groups excluding carboxylic acids is 1. The summed E-state index contributed by atoms with van der Waals surface area (Å²) < 4.78 is 4.92. The molecule has 2 bridgehead atoms. The Morgan fingerprint density at radius 1 is 1.36 bits per heavy atom. The molecule has 2 rings (SSSR count). The molecule has 80 valence electrons. The monoisotopic (exact) mass is 196 g/mol. The van der Waals surface area contributed by atoms with E-state index in [4.69, 9.17) is 4.74 Å². The van der Waals surface area contributed by atoms with Crippen molar-refractivity contribution in [1.29, 1.82) is 0 Å². The first-order chi connectivity index (χ1) is 6.79. The lowest BCUT2D eigenvalue weighted by molar-refractivity contribution is -0.121. The highest BCUT2D eigenvalue weighted by Crippen LogP contribution is 2.49. The molecule has 2 heteroatoms. The summed E-state index contributed by atoms with van der Waals surface area (Å²) in [5.41, 5.74) is 0. The predicted octanol–water partition coefficient (Wildman–Crippen LogP) is 2.42. The Bertz CT molecular complexity index is 212. The second-order valence-electron chi connectivity index (χ2n) is 4.92. The molecule has 2 fully saturated rings. The molecule has 0 radical (unpaired) electrons. The maximum atomic E-state index is 11.6. The molecule has 0 amide bonds. The van der Waals surface area contributed by atoms with E-state index in [1.165, 1.54) is 25.7 Å². The third-order valence-electron chi connectivity index (χ3n) is 3.96. The topological polar surface area (TPSA) is 26.3 Å². The van der Waals surface area contributed by atoms with Crippen molar-refractivity contribution in [2.24, 2.45) is 17.8 Å². The van der Waals surface area contributed by atoms with Crippen LogP contribution in [0.1, 0.15) is 38.5 Å². The summed E-state index contributed by atoms with van der Waals surface area (Å²) in [7, 11) is 1.66. The normalized spacial score (nSPS) is 35.1. The number of fused-ring (bicyclic) bond motifs is 2. The second kappa shape index (κ2) is 4.43. The van der Waals surface area contributed by atoms with Crippen LogP contribution in [0.2, 0.25) is 0 Å². The van der Waals surface area contributed by atoms with Crippen molar-refractivity contribution in [3.05, 3.63) is 0 Å². The zero-order chi connectivity index (χ0) is 9.97. The van der Waals surface area contributed by atoms with E-state index >= 15 is 0 Å². The van der Waals surface area contributed by atoms with E-state index in [-0.39, 0.29) is 0 Å². The average molecular weight is 196 g/mol. The van der Waals surface area contributed by atoms with Crippen molar-refractivity contribution in [3.63, 3.8) is 0 Å². The highest BCUT2D eigenvalue weighted by Gasteiger charge is 2.39. The lowest BCUT2D eigenvalue weighted by Crippen LogP contribution is -2.16. The fraction of sp³-hybridized carbons (Fsp3) is 0.917. The van der Waals surface area contributed by atoms with Crippen LogP contribution in [0.15, 0.2) is 0 Å². The fourth-order valence-electron chi connectivity index (χ4n) is 3.24. The maximum absolute atomic E-state index is 11.6. The van der Waals surface area contributed by atoms with E-state index in [2.05, 4.69) is 0 Å². The van der Waals surface area contributed by atoms with Crippen LogP contribution < -0.4 is 0 Å². The summed E-state index contributed by atoms with van der Waals surface area (Å²) >= 11 is 0. The van der Waals surface area contributed by atoms with Gasteiger partial charge in [0.25, 0.3) is 0 Å². The van der Waals surface area contributed by atoms with Gasteiger partial charge in [-0.1, -0.05) is 6.42 Å². The lowest BCUT2D eigenvalue weighted by Gasteiger charge is -2.20. The quantitative estimate of drug-likeness (QED) is 0.675. The molecule has 2 aliphatic carbocycles. The maximum Gasteiger partial charge on any atom is 0.135 e. The molecular formula is C12H20O2. The van der Waals surface area contributed by atoms with E-state index in [1.807, 2.05) is 0 Å². The second-order valence-corrected chi connectivity index (χ2v) is 4.92. The number of ketones is 1. The summed E-state index contributed by atoms with van der Waals surface area (Å²) in [5, 5.41) is 0. The number of hydrogen-bond donors (Lipinski definition) is 0. The lowest BCUT2D eigenvalue weighted by atomic mass is 9.85. The van der Waals surface area contributed by atoms with E-state index in [1.54, 1.807) is 7.11 Å². The molecule has 0 saturated heterocycles. The van der Waals surface area contributed by atoms with Gasteiger partial charge in [-0.25, -0.2) is 0 Å². The van der Waals surface area contributed by atoms with Crippen LogP contribution >= 0.6 is 0 Å². The minimum Gasteiger partial charge on any atom is -0.384 e. The average Bonchev–Trinajstić information content (AvgIpc) is 2.76. The Morgan fingerprint density at radius 2 is 2.21 bits per heavy atom. The molecule has 0 spiro atoms. The molecule has 0 aromatic rings. The molecule has 0 aromatic heterocycles. The van der Waals surface area contributed by atoms with E-state index in [0.29, 0.717) is 18.8 Å². The van der Waals surface area contributed by atoms with Crippen molar-refractivity contribution < 1.29 is 9.53 Å². The van der Waals surface area contributed by atoms with E-state index in [9.17, 15) is 4.79 Å². The SMILES string of the molecule is COCCC(=O)CC1CC2CCC1C2. The van der Waals surface area contributed by atoms with Crippen molar-refractivity contribution in [3.8, 4) is 0 Å². The first-order valence-corrected chi connectivity index (χ1v) is 5.80. The molecule has 3 atom stereocenters. The highest BCUT2D eigenvalue weighted by atomic mass is 16.5. The number of rotatable bonds is 5. The Kier molecular flexibility index (Phi) is 3.22. The molecular weight excluding hydrogens is 176 g/mol. The van der Waals surface area contributed by atoms with E-state index in [0.717, 1.165) is 24.2 Å². The highest BCUT2D eigenvalue weighted by molar-refractivity contribution is 5.78. The van der Waals surface area contributed by atoms with Crippen LogP contribution in [-0.4, -0.2) is 19.5 Å². The number of Topliss-reactive ketones (excluding diaryl/α,β-unsaturated/α-hetero) is 1. The van der Waals surface area contributed by atoms with Crippen LogP contribution in [0.5, 0.6) is 0 Å². The minimum absolute atomic E-state index is 0.407. The fourth-order valence-corrected chi connectivity index (χ4v) is 3.24. The van der Waals surface area contributed by atoms with Gasteiger partial charge < -0.3 is 4.74 Å². The van der Waals surface area contributed by atoms with Gasteiger partial charge in [0.2, 0.25) is 0 Å². The molecule has 0 aromatic carbocycles. The van der Waals surface area contributed by atoms with Crippen molar-refractivity contribution in [2.45, 2.75) is 38.5 Å². The first kappa shape index (κ1) is 10.2. The van der Waals surface area contributed by atoms with Crippen LogP contribution in [0.3, 0.4) is 0 Å². The van der Waals surface area contributed by atoms with Crippen molar-refractivity contribution in [2.75, 3.05) is 13.7 Å². The molecule has 2 aliphatic rings. The Hall–Kier alpha value is -0.370. The third kappa shape index (κ3) is 2.17. The van der Waals surface area contributed by atoms with Crippen molar-refractivity contribution >= 4 is 5.78 Å². The molecule has 2 nitrogen and oxygen atoms in total. The number of ether oxygens (including phenoxy) is 1. The van der Waals surface area contributed by atoms with E-state index < -0.39 is 0 Å². The van der Waals surface area contributed by atoms with Gasteiger partial charge in [-0.15, -0.1) is 0 Å². The summed E-state index contributed by atoms with van der Waals surface area (Å²) in [4.78, 5) is 11.6. The van der Waals surface area contributed by atoms with Gasteiger partial charge in [-0.2, -0.15) is 0 Å². The largest absolute Gasteiger partial charge is 0.384 e. The third-order valence-corrected chi connectivity index (χ3v) is 3.96. The standard InChI is InChI=1S/C12H20O2/c1-14-5-4-12(13)8-11-7-9-2-3-10(11)6-9/h9-11H,2-8H2,1H3.